The number of amides is 4. The number of pyridine rings is 1. The molecule has 0 radical (unpaired) electrons. The fourth-order valence-electron chi connectivity index (χ4n) is 3.42. The number of carbonyl (C=O) groups excluding carboxylic acids is 3. The highest BCUT2D eigenvalue weighted by Gasteiger charge is 2.34. The van der Waals surface area contributed by atoms with E-state index in [0.717, 1.165) is 10.9 Å². The van der Waals surface area contributed by atoms with Crippen molar-refractivity contribution in [1.29, 1.82) is 0 Å². The Hall–Kier alpha value is -3.88. The average Bonchev–Trinajstić information content (AvgIpc) is 3.26. The summed E-state index contributed by atoms with van der Waals surface area (Å²) in [5, 5.41) is 2.84. The molecule has 4 rings (SSSR count). The molecule has 3 heterocycles. The number of ether oxygens (including phenoxy) is 1. The van der Waals surface area contributed by atoms with E-state index in [-0.39, 0.29) is 12.5 Å². The Kier molecular flexibility index (Phi) is 4.63. The van der Waals surface area contributed by atoms with E-state index in [0.29, 0.717) is 29.2 Å². The number of nitrogens with one attached hydrogen (secondary N) is 1. The lowest BCUT2D eigenvalue weighted by atomic mass is 10.0. The van der Waals surface area contributed by atoms with Crippen LogP contribution in [0.3, 0.4) is 0 Å². The van der Waals surface area contributed by atoms with Crippen molar-refractivity contribution in [3.63, 3.8) is 0 Å². The Morgan fingerprint density at radius 3 is 2.90 bits per heavy atom. The van der Waals surface area contributed by atoms with Crippen LogP contribution < -0.4 is 15.8 Å². The average molecular weight is 394 g/mol. The van der Waals surface area contributed by atoms with E-state index >= 15 is 0 Å². The SMILES string of the molecule is COc1ccc2c(c1)C(=O)N(C[C@@H](C(=O)NC(N)=O)c1cc3ccncc3o1)C2. The number of furan rings is 1. The molecule has 1 aromatic carbocycles. The van der Waals surface area contributed by atoms with Crippen LogP contribution in [-0.4, -0.2) is 41.4 Å². The van der Waals surface area contributed by atoms with Gasteiger partial charge in [0.25, 0.3) is 5.91 Å². The van der Waals surface area contributed by atoms with Gasteiger partial charge in [-0.2, -0.15) is 0 Å². The Morgan fingerprint density at radius 2 is 2.17 bits per heavy atom. The van der Waals surface area contributed by atoms with Crippen LogP contribution in [0.15, 0.2) is 47.1 Å². The number of imide groups is 1. The molecule has 1 aliphatic heterocycles. The summed E-state index contributed by atoms with van der Waals surface area (Å²) < 4.78 is 10.9. The van der Waals surface area contributed by atoms with Crippen molar-refractivity contribution in [2.45, 2.75) is 12.5 Å². The van der Waals surface area contributed by atoms with Gasteiger partial charge in [0, 0.05) is 30.2 Å². The van der Waals surface area contributed by atoms with E-state index < -0.39 is 17.9 Å². The van der Waals surface area contributed by atoms with Crippen molar-refractivity contribution in [3.05, 3.63) is 59.6 Å². The third kappa shape index (κ3) is 3.49. The van der Waals surface area contributed by atoms with E-state index in [2.05, 4.69) is 10.3 Å². The molecule has 3 N–H and O–H groups in total. The van der Waals surface area contributed by atoms with Crippen molar-refractivity contribution < 1.29 is 23.5 Å². The molecule has 9 nitrogen and oxygen atoms in total. The van der Waals surface area contributed by atoms with Gasteiger partial charge in [-0.05, 0) is 29.8 Å². The minimum atomic E-state index is -0.974. The summed E-state index contributed by atoms with van der Waals surface area (Å²) in [4.78, 5) is 42.3. The number of primary amides is 1. The highest BCUT2D eigenvalue weighted by atomic mass is 16.5. The van der Waals surface area contributed by atoms with Crippen molar-refractivity contribution in [3.8, 4) is 5.75 Å². The van der Waals surface area contributed by atoms with E-state index in [9.17, 15) is 14.4 Å². The zero-order chi connectivity index (χ0) is 20.5. The summed E-state index contributed by atoms with van der Waals surface area (Å²) in [6.45, 7) is 0.350. The Morgan fingerprint density at radius 1 is 1.34 bits per heavy atom. The summed E-state index contributed by atoms with van der Waals surface area (Å²) in [6.07, 6.45) is 3.14. The van der Waals surface area contributed by atoms with Gasteiger partial charge in [0.1, 0.15) is 17.4 Å². The van der Waals surface area contributed by atoms with E-state index in [4.69, 9.17) is 14.9 Å². The molecule has 9 heteroatoms. The Labute approximate surface area is 165 Å². The lowest BCUT2D eigenvalue weighted by molar-refractivity contribution is -0.122. The van der Waals surface area contributed by atoms with E-state index in [1.54, 1.807) is 30.5 Å². The normalized spacial score (nSPS) is 14.0. The second-order valence-electron chi connectivity index (χ2n) is 6.68. The number of aromatic nitrogens is 1. The smallest absolute Gasteiger partial charge is 0.318 e. The monoisotopic (exact) mass is 394 g/mol. The summed E-state index contributed by atoms with van der Waals surface area (Å²) in [6, 6.07) is 7.73. The molecule has 1 aliphatic rings. The first-order chi connectivity index (χ1) is 14.0. The minimum absolute atomic E-state index is 0.0161. The lowest BCUT2D eigenvalue weighted by Crippen LogP contribution is -2.42. The van der Waals surface area contributed by atoms with Crippen LogP contribution >= 0.6 is 0 Å². The summed E-state index contributed by atoms with van der Waals surface area (Å²) in [7, 11) is 1.53. The largest absolute Gasteiger partial charge is 0.497 e. The van der Waals surface area contributed by atoms with Gasteiger partial charge in [0.2, 0.25) is 5.91 Å². The second-order valence-corrected chi connectivity index (χ2v) is 6.68. The molecule has 0 fully saturated rings. The number of hydrogen-bond donors (Lipinski definition) is 2. The molecule has 0 aliphatic carbocycles. The van der Waals surface area contributed by atoms with Crippen molar-refractivity contribution in [2.75, 3.05) is 13.7 Å². The highest BCUT2D eigenvalue weighted by Crippen LogP contribution is 2.31. The van der Waals surface area contributed by atoms with Gasteiger partial charge in [-0.1, -0.05) is 6.07 Å². The predicted octanol–water partition coefficient (Wildman–Crippen LogP) is 1.77. The number of carbonyl (C=O) groups is 3. The summed E-state index contributed by atoms with van der Waals surface area (Å²) >= 11 is 0. The van der Waals surface area contributed by atoms with Crippen LogP contribution in [0, 0.1) is 0 Å². The van der Waals surface area contributed by atoms with Crippen LogP contribution in [0.25, 0.3) is 11.0 Å². The lowest BCUT2D eigenvalue weighted by Gasteiger charge is -2.21. The van der Waals surface area contributed by atoms with E-state index in [1.807, 2.05) is 6.07 Å². The topological polar surface area (TPSA) is 128 Å². The summed E-state index contributed by atoms with van der Waals surface area (Å²) in [5.74, 6) is -0.908. The molecule has 0 saturated carbocycles. The van der Waals surface area contributed by atoms with Crippen LogP contribution in [0.2, 0.25) is 0 Å². The number of fused-ring (bicyclic) bond motifs is 2. The van der Waals surface area contributed by atoms with Crippen LogP contribution in [-0.2, 0) is 11.3 Å². The first-order valence-corrected chi connectivity index (χ1v) is 8.86. The molecule has 0 unspecified atom stereocenters. The molecule has 148 valence electrons. The number of benzene rings is 1. The van der Waals surface area contributed by atoms with Crippen molar-refractivity contribution in [1.82, 2.24) is 15.2 Å². The third-order valence-corrected chi connectivity index (χ3v) is 4.85. The molecule has 4 amide bonds. The molecule has 3 aromatic rings. The maximum Gasteiger partial charge on any atom is 0.318 e. The second kappa shape index (κ2) is 7.27. The van der Waals surface area contributed by atoms with Gasteiger partial charge in [-0.25, -0.2) is 4.79 Å². The quantitative estimate of drug-likeness (QED) is 0.679. The van der Waals surface area contributed by atoms with Crippen LogP contribution in [0.5, 0.6) is 5.75 Å². The number of urea groups is 1. The molecule has 29 heavy (non-hydrogen) atoms. The standard InChI is InChI=1S/C20H18N4O5/c1-28-13-3-2-12-9-24(19(26)14(12)7-13)10-15(18(25)23-20(21)27)16-6-11-4-5-22-8-17(11)29-16/h2-8,15H,9-10H2,1H3,(H3,21,23,25,27)/t15-/m1/s1. The number of nitrogens with zero attached hydrogens (tertiary/aromatic N) is 2. The fraction of sp³-hybridized carbons (Fsp3) is 0.200. The first kappa shape index (κ1) is 18.5. The molecular weight excluding hydrogens is 376 g/mol. The summed E-state index contributed by atoms with van der Waals surface area (Å²) in [5.41, 5.74) is 6.97. The van der Waals surface area contributed by atoms with Gasteiger partial charge in [-0.15, -0.1) is 0 Å². The van der Waals surface area contributed by atoms with Crippen LogP contribution in [0.4, 0.5) is 4.79 Å². The Balaban J connectivity index is 1.64. The first-order valence-electron chi connectivity index (χ1n) is 8.86. The fourth-order valence-corrected chi connectivity index (χ4v) is 3.42. The number of rotatable bonds is 5. The number of methoxy groups -OCH3 is 1. The molecule has 2 aromatic heterocycles. The van der Waals surface area contributed by atoms with Gasteiger partial charge >= 0.3 is 6.03 Å². The van der Waals surface area contributed by atoms with Crippen LogP contribution in [0.1, 0.15) is 27.6 Å². The zero-order valence-corrected chi connectivity index (χ0v) is 15.5. The van der Waals surface area contributed by atoms with Gasteiger partial charge < -0.3 is 19.8 Å². The number of nitrogens with two attached hydrogens (primary N) is 1. The third-order valence-electron chi connectivity index (χ3n) is 4.85. The number of hydrogen-bond acceptors (Lipinski definition) is 6. The molecule has 1 atom stereocenters. The molecule has 0 spiro atoms. The highest BCUT2D eigenvalue weighted by molar-refractivity contribution is 6.00. The Bertz CT molecular complexity index is 1090. The maximum absolute atomic E-state index is 12.9. The molecule has 0 bridgehead atoms. The van der Waals surface area contributed by atoms with Gasteiger partial charge in [-0.3, -0.25) is 19.9 Å². The van der Waals surface area contributed by atoms with Gasteiger partial charge in [0.05, 0.1) is 13.3 Å². The van der Waals surface area contributed by atoms with Crippen molar-refractivity contribution in [2.24, 2.45) is 5.73 Å². The minimum Gasteiger partial charge on any atom is -0.497 e. The molecule has 0 saturated heterocycles. The maximum atomic E-state index is 12.9. The van der Waals surface area contributed by atoms with Gasteiger partial charge in [0.15, 0.2) is 5.58 Å². The molecular formula is C20H18N4O5. The van der Waals surface area contributed by atoms with Crippen molar-refractivity contribution >= 4 is 28.8 Å². The van der Waals surface area contributed by atoms with E-state index in [1.165, 1.54) is 18.2 Å². The zero-order valence-electron chi connectivity index (χ0n) is 15.5. The predicted molar refractivity (Wildman–Crippen MR) is 102 cm³/mol.